The zero-order valence-electron chi connectivity index (χ0n) is 12.5. The predicted octanol–water partition coefficient (Wildman–Crippen LogP) is 3.05. The second kappa shape index (κ2) is 6.69. The zero-order chi connectivity index (χ0) is 16.3. The van der Waals surface area contributed by atoms with Crippen molar-refractivity contribution in [3.05, 3.63) is 35.4 Å². The Labute approximate surface area is 128 Å². The highest BCUT2D eigenvalue weighted by Gasteiger charge is 2.32. The van der Waals surface area contributed by atoms with Crippen LogP contribution in [0.3, 0.4) is 0 Å². The molecule has 0 bridgehead atoms. The fourth-order valence-corrected chi connectivity index (χ4v) is 2.54. The molecule has 1 aromatic rings. The van der Waals surface area contributed by atoms with Gasteiger partial charge in [-0.05, 0) is 36.8 Å². The lowest BCUT2D eigenvalue weighted by atomic mass is 9.94. The molecular weight excluding hydrogens is 293 g/mol. The lowest BCUT2D eigenvalue weighted by Crippen LogP contribution is -2.40. The molecule has 122 valence electrons. The quantitative estimate of drug-likeness (QED) is 0.848. The van der Waals surface area contributed by atoms with Gasteiger partial charge in [-0.15, -0.1) is 0 Å². The van der Waals surface area contributed by atoms with Crippen LogP contribution in [0.1, 0.15) is 43.2 Å². The van der Waals surface area contributed by atoms with Gasteiger partial charge in [0, 0.05) is 12.6 Å². The highest BCUT2D eigenvalue weighted by molar-refractivity contribution is 5.83. The van der Waals surface area contributed by atoms with Crippen LogP contribution in [0.25, 0.3) is 0 Å². The van der Waals surface area contributed by atoms with E-state index in [0.29, 0.717) is 24.4 Å². The molecule has 1 aliphatic rings. The summed E-state index contributed by atoms with van der Waals surface area (Å²) in [7, 11) is 0. The number of amides is 1. The van der Waals surface area contributed by atoms with Gasteiger partial charge in [-0.25, -0.2) is 0 Å². The summed E-state index contributed by atoms with van der Waals surface area (Å²) in [5, 5.41) is 2.77. The summed E-state index contributed by atoms with van der Waals surface area (Å²) in [6.07, 6.45) is -1.80. The molecule has 1 aliphatic carbocycles. The average Bonchev–Trinajstić information content (AvgIpc) is 3.29. The molecule has 0 saturated heterocycles. The number of nitrogens with one attached hydrogen (secondary N) is 1. The van der Waals surface area contributed by atoms with Gasteiger partial charge in [0.05, 0.1) is 11.5 Å². The van der Waals surface area contributed by atoms with E-state index < -0.39 is 17.7 Å². The smallest absolute Gasteiger partial charge is 0.354 e. The van der Waals surface area contributed by atoms with Gasteiger partial charge in [-0.3, -0.25) is 4.79 Å². The fourth-order valence-electron chi connectivity index (χ4n) is 2.54. The number of hydrogen-bond acceptors (Lipinski definition) is 2. The largest absolute Gasteiger partial charge is 0.416 e. The van der Waals surface area contributed by atoms with E-state index in [1.807, 2.05) is 0 Å². The fraction of sp³-hybridized carbons (Fsp3) is 0.562. The monoisotopic (exact) mass is 314 g/mol. The average molecular weight is 314 g/mol. The van der Waals surface area contributed by atoms with E-state index in [1.54, 1.807) is 13.0 Å². The van der Waals surface area contributed by atoms with Gasteiger partial charge in [-0.2, -0.15) is 13.2 Å². The molecule has 0 radical (unpaired) electrons. The summed E-state index contributed by atoms with van der Waals surface area (Å²) in [5.41, 5.74) is 5.58. The molecule has 1 aromatic carbocycles. The van der Waals surface area contributed by atoms with E-state index in [4.69, 9.17) is 5.73 Å². The minimum Gasteiger partial charge on any atom is -0.354 e. The molecule has 1 amide bonds. The van der Waals surface area contributed by atoms with Crippen LogP contribution in [0.15, 0.2) is 24.3 Å². The molecule has 3 N–H and O–H groups in total. The minimum atomic E-state index is -4.40. The molecular formula is C16H21F3N2O. The molecule has 0 heterocycles. The van der Waals surface area contributed by atoms with Crippen molar-refractivity contribution in [3.63, 3.8) is 0 Å². The first kappa shape index (κ1) is 16.8. The van der Waals surface area contributed by atoms with Crippen molar-refractivity contribution in [1.29, 1.82) is 0 Å². The number of benzene rings is 1. The Morgan fingerprint density at radius 2 is 2.09 bits per heavy atom. The van der Waals surface area contributed by atoms with E-state index >= 15 is 0 Å². The summed E-state index contributed by atoms with van der Waals surface area (Å²) >= 11 is 0. The van der Waals surface area contributed by atoms with Crippen molar-refractivity contribution < 1.29 is 18.0 Å². The van der Waals surface area contributed by atoms with E-state index in [1.165, 1.54) is 6.07 Å². The Bertz CT molecular complexity index is 526. The maximum absolute atomic E-state index is 12.8. The van der Waals surface area contributed by atoms with Crippen molar-refractivity contribution in [2.75, 3.05) is 6.54 Å². The second-order valence-electron chi connectivity index (χ2n) is 5.83. The van der Waals surface area contributed by atoms with Gasteiger partial charge in [0.25, 0.3) is 0 Å². The van der Waals surface area contributed by atoms with Crippen LogP contribution in [0, 0.1) is 5.92 Å². The van der Waals surface area contributed by atoms with Crippen LogP contribution in [-0.4, -0.2) is 18.5 Å². The minimum absolute atomic E-state index is 0.0667. The zero-order valence-corrected chi connectivity index (χ0v) is 12.5. The molecule has 2 unspecified atom stereocenters. The number of hydrogen-bond donors (Lipinski definition) is 2. The van der Waals surface area contributed by atoms with E-state index in [2.05, 4.69) is 5.32 Å². The van der Waals surface area contributed by atoms with Gasteiger partial charge in [-0.1, -0.05) is 25.1 Å². The summed E-state index contributed by atoms with van der Waals surface area (Å²) in [6.45, 7) is 2.16. The van der Waals surface area contributed by atoms with Gasteiger partial charge < -0.3 is 11.1 Å². The highest BCUT2D eigenvalue weighted by Crippen LogP contribution is 2.32. The number of alkyl halides is 3. The predicted molar refractivity (Wildman–Crippen MR) is 78.2 cm³/mol. The Balaban J connectivity index is 2.05. The molecule has 1 fully saturated rings. The first-order chi connectivity index (χ1) is 10.3. The normalized spacial score (nSPS) is 17.9. The number of halogens is 3. The highest BCUT2D eigenvalue weighted by atomic mass is 19.4. The molecule has 0 aromatic heterocycles. The lowest BCUT2D eigenvalue weighted by Gasteiger charge is -2.19. The number of rotatable bonds is 6. The van der Waals surface area contributed by atoms with Crippen molar-refractivity contribution in [3.8, 4) is 0 Å². The third-order valence-corrected chi connectivity index (χ3v) is 4.08. The maximum atomic E-state index is 12.8. The standard InChI is InChI=1S/C16H21F3N2O/c1-2-13(15(22)21-9-14(20)10-6-7-10)11-4-3-5-12(8-11)16(17,18)19/h3-5,8,10,13-14H,2,6-7,9,20H2,1H3,(H,21,22). The number of nitrogens with two attached hydrogens (primary N) is 1. The van der Waals surface area contributed by atoms with Crippen LogP contribution in [0.4, 0.5) is 13.2 Å². The molecule has 1 saturated carbocycles. The van der Waals surface area contributed by atoms with Gasteiger partial charge >= 0.3 is 6.18 Å². The van der Waals surface area contributed by atoms with Crippen LogP contribution in [0.2, 0.25) is 0 Å². The topological polar surface area (TPSA) is 55.1 Å². The summed E-state index contributed by atoms with van der Waals surface area (Å²) in [6, 6.07) is 4.89. The first-order valence-corrected chi connectivity index (χ1v) is 7.53. The Morgan fingerprint density at radius 3 is 2.64 bits per heavy atom. The third-order valence-electron chi connectivity index (χ3n) is 4.08. The van der Waals surface area contributed by atoms with Crippen LogP contribution >= 0.6 is 0 Å². The van der Waals surface area contributed by atoms with Crippen molar-refractivity contribution >= 4 is 5.91 Å². The summed E-state index contributed by atoms with van der Waals surface area (Å²) in [4.78, 5) is 12.2. The molecule has 6 heteroatoms. The van der Waals surface area contributed by atoms with E-state index in [-0.39, 0.29) is 11.9 Å². The van der Waals surface area contributed by atoms with E-state index in [0.717, 1.165) is 25.0 Å². The molecule has 2 atom stereocenters. The Hall–Kier alpha value is -1.56. The Morgan fingerprint density at radius 1 is 1.41 bits per heavy atom. The molecule has 2 rings (SSSR count). The maximum Gasteiger partial charge on any atom is 0.416 e. The molecule has 22 heavy (non-hydrogen) atoms. The lowest BCUT2D eigenvalue weighted by molar-refractivity contribution is -0.137. The molecule has 0 spiro atoms. The Kier molecular flexibility index (Phi) is 5.11. The van der Waals surface area contributed by atoms with Gasteiger partial charge in [0.15, 0.2) is 0 Å². The summed E-state index contributed by atoms with van der Waals surface area (Å²) < 4.78 is 38.3. The van der Waals surface area contributed by atoms with Crippen molar-refractivity contribution in [2.24, 2.45) is 11.7 Å². The SMILES string of the molecule is CCC(C(=O)NCC(N)C1CC1)c1cccc(C(F)(F)F)c1. The molecule has 0 aliphatic heterocycles. The van der Waals surface area contributed by atoms with Crippen LogP contribution in [0.5, 0.6) is 0 Å². The number of carbonyl (C=O) groups excluding carboxylic acids is 1. The number of carbonyl (C=O) groups is 1. The molecule has 3 nitrogen and oxygen atoms in total. The van der Waals surface area contributed by atoms with E-state index in [9.17, 15) is 18.0 Å². The van der Waals surface area contributed by atoms with Gasteiger partial charge in [0.1, 0.15) is 0 Å². The van der Waals surface area contributed by atoms with Crippen LogP contribution in [-0.2, 0) is 11.0 Å². The summed E-state index contributed by atoms with van der Waals surface area (Å²) in [5.74, 6) is -0.388. The van der Waals surface area contributed by atoms with Crippen molar-refractivity contribution in [1.82, 2.24) is 5.32 Å². The second-order valence-corrected chi connectivity index (χ2v) is 5.83. The first-order valence-electron chi connectivity index (χ1n) is 7.53. The third kappa shape index (κ3) is 4.22. The van der Waals surface area contributed by atoms with Gasteiger partial charge in [0.2, 0.25) is 5.91 Å². The van der Waals surface area contributed by atoms with Crippen molar-refractivity contribution in [2.45, 2.75) is 44.3 Å². The van der Waals surface area contributed by atoms with Crippen LogP contribution < -0.4 is 11.1 Å².